The molecule has 0 aliphatic heterocycles. The van der Waals surface area contributed by atoms with E-state index >= 15 is 0 Å². The molecule has 0 spiro atoms. The van der Waals surface area contributed by atoms with Crippen LogP contribution in [0.3, 0.4) is 0 Å². The van der Waals surface area contributed by atoms with Crippen LogP contribution in [0, 0.1) is 5.41 Å². The lowest BCUT2D eigenvalue weighted by Gasteiger charge is -2.25. The van der Waals surface area contributed by atoms with Gasteiger partial charge in [-0.3, -0.25) is 0 Å². The Bertz CT molecular complexity index is 177. The molecule has 0 aliphatic carbocycles. The van der Waals surface area contributed by atoms with Gasteiger partial charge >= 0.3 is 6.09 Å². The molecule has 0 saturated carbocycles. The molecule has 0 aromatic carbocycles. The van der Waals surface area contributed by atoms with Crippen molar-refractivity contribution in [2.45, 2.75) is 26.8 Å². The van der Waals surface area contributed by atoms with Crippen LogP contribution in [0.4, 0.5) is 4.79 Å². The van der Waals surface area contributed by atoms with Gasteiger partial charge in [0.15, 0.2) is 0 Å². The van der Waals surface area contributed by atoms with Crippen LogP contribution in [0.1, 0.15) is 20.8 Å². The SMILES string of the molecule is COC(=O)N[C@H](C=O)C(C)(C)C.S. The zero-order chi connectivity index (χ0) is 9.78. The Morgan fingerprint density at radius 1 is 1.46 bits per heavy atom. The number of carbonyl (C=O) groups excluding carboxylic acids is 2. The Morgan fingerprint density at radius 3 is 2.15 bits per heavy atom. The molecule has 0 rings (SSSR count). The monoisotopic (exact) mass is 207 g/mol. The predicted molar refractivity (Wildman–Crippen MR) is 55.2 cm³/mol. The van der Waals surface area contributed by atoms with E-state index in [9.17, 15) is 9.59 Å². The van der Waals surface area contributed by atoms with E-state index in [1.54, 1.807) is 0 Å². The minimum Gasteiger partial charge on any atom is -0.453 e. The predicted octanol–water partition coefficient (Wildman–Crippen LogP) is 1.07. The van der Waals surface area contributed by atoms with E-state index in [0.29, 0.717) is 6.29 Å². The molecule has 1 atom stereocenters. The molecule has 0 bridgehead atoms. The number of carbonyl (C=O) groups is 2. The normalized spacial score (nSPS) is 12.3. The molecule has 0 aromatic heterocycles. The van der Waals surface area contributed by atoms with Crippen molar-refractivity contribution >= 4 is 25.9 Å². The van der Waals surface area contributed by atoms with E-state index in [-0.39, 0.29) is 18.9 Å². The molecular formula is C8H17NO3S. The van der Waals surface area contributed by atoms with Gasteiger partial charge < -0.3 is 14.8 Å². The van der Waals surface area contributed by atoms with E-state index in [1.807, 2.05) is 20.8 Å². The lowest BCUT2D eigenvalue weighted by Crippen LogP contribution is -2.44. The van der Waals surface area contributed by atoms with Crippen LogP contribution in [-0.4, -0.2) is 25.5 Å². The second-order valence-corrected chi connectivity index (χ2v) is 3.62. The Labute approximate surface area is 85.5 Å². The maximum atomic E-state index is 10.7. The van der Waals surface area contributed by atoms with Crippen LogP contribution in [0.15, 0.2) is 0 Å². The minimum atomic E-state index is -0.581. The summed E-state index contributed by atoms with van der Waals surface area (Å²) in [6.45, 7) is 5.59. The summed E-state index contributed by atoms with van der Waals surface area (Å²) >= 11 is 0. The second-order valence-electron chi connectivity index (χ2n) is 3.62. The fourth-order valence-electron chi connectivity index (χ4n) is 0.641. The summed E-state index contributed by atoms with van der Waals surface area (Å²) in [5.41, 5.74) is -0.282. The maximum Gasteiger partial charge on any atom is 0.407 e. The van der Waals surface area contributed by atoms with Crippen LogP contribution in [0.2, 0.25) is 0 Å². The summed E-state index contributed by atoms with van der Waals surface area (Å²) in [7, 11) is 1.26. The highest BCUT2D eigenvalue weighted by atomic mass is 32.1. The van der Waals surface area contributed by atoms with E-state index in [0.717, 1.165) is 0 Å². The van der Waals surface area contributed by atoms with Crippen molar-refractivity contribution in [1.82, 2.24) is 5.32 Å². The first-order chi connectivity index (χ1) is 5.41. The zero-order valence-electron chi connectivity index (χ0n) is 8.38. The molecule has 78 valence electrons. The zero-order valence-corrected chi connectivity index (χ0v) is 9.38. The number of hydrogen-bond acceptors (Lipinski definition) is 3. The number of methoxy groups -OCH3 is 1. The Morgan fingerprint density at radius 2 is 1.92 bits per heavy atom. The number of rotatable bonds is 2. The molecule has 5 heteroatoms. The fourth-order valence-corrected chi connectivity index (χ4v) is 0.641. The summed E-state index contributed by atoms with van der Waals surface area (Å²) in [6, 6.07) is -0.509. The minimum absolute atomic E-state index is 0. The molecule has 1 N–H and O–H groups in total. The summed E-state index contributed by atoms with van der Waals surface area (Å²) in [5.74, 6) is 0. The number of ether oxygens (including phenoxy) is 1. The highest BCUT2D eigenvalue weighted by Crippen LogP contribution is 2.17. The number of nitrogens with one attached hydrogen (secondary N) is 1. The molecule has 0 unspecified atom stereocenters. The Hall–Kier alpha value is -0.710. The molecular weight excluding hydrogens is 190 g/mol. The lowest BCUT2D eigenvalue weighted by atomic mass is 9.88. The number of aldehydes is 1. The van der Waals surface area contributed by atoms with Gasteiger partial charge in [-0.15, -0.1) is 0 Å². The third kappa shape index (κ3) is 5.52. The first kappa shape index (κ1) is 14.8. The molecule has 0 radical (unpaired) electrons. The van der Waals surface area contributed by atoms with Crippen LogP contribution in [-0.2, 0) is 9.53 Å². The smallest absolute Gasteiger partial charge is 0.407 e. The quantitative estimate of drug-likeness (QED) is 0.689. The molecule has 4 nitrogen and oxygen atoms in total. The summed E-state index contributed by atoms with van der Waals surface area (Å²) in [5, 5.41) is 2.43. The van der Waals surface area contributed by atoms with E-state index in [1.165, 1.54) is 7.11 Å². The lowest BCUT2D eigenvalue weighted by molar-refractivity contribution is -0.111. The first-order valence-electron chi connectivity index (χ1n) is 3.71. The van der Waals surface area contributed by atoms with Crippen LogP contribution in [0.25, 0.3) is 0 Å². The topological polar surface area (TPSA) is 55.4 Å². The van der Waals surface area contributed by atoms with Gasteiger partial charge in [0.25, 0.3) is 0 Å². The Kier molecular flexibility index (Phi) is 6.66. The van der Waals surface area contributed by atoms with Crippen molar-refractivity contribution in [2.24, 2.45) is 5.41 Å². The van der Waals surface area contributed by atoms with Crippen molar-refractivity contribution in [3.63, 3.8) is 0 Å². The van der Waals surface area contributed by atoms with Gasteiger partial charge in [0, 0.05) is 0 Å². The summed E-state index contributed by atoms with van der Waals surface area (Å²) in [4.78, 5) is 21.3. The molecule has 1 amide bonds. The van der Waals surface area contributed by atoms with Crippen molar-refractivity contribution in [3.8, 4) is 0 Å². The van der Waals surface area contributed by atoms with Crippen molar-refractivity contribution in [1.29, 1.82) is 0 Å². The molecule has 0 heterocycles. The number of alkyl carbamates (subject to hydrolysis) is 1. The van der Waals surface area contributed by atoms with Gasteiger partial charge in [-0.2, -0.15) is 13.5 Å². The largest absolute Gasteiger partial charge is 0.453 e. The van der Waals surface area contributed by atoms with Crippen LogP contribution in [0.5, 0.6) is 0 Å². The van der Waals surface area contributed by atoms with Crippen molar-refractivity contribution in [2.75, 3.05) is 7.11 Å². The van der Waals surface area contributed by atoms with Gasteiger partial charge in [-0.1, -0.05) is 20.8 Å². The van der Waals surface area contributed by atoms with Crippen molar-refractivity contribution < 1.29 is 14.3 Å². The standard InChI is InChI=1S/C8H15NO3.H2S/c1-8(2,3)6(5-10)9-7(11)12-4;/h5-6H,1-4H3,(H,9,11);1H2/t6-;/m1./s1. The highest BCUT2D eigenvalue weighted by Gasteiger charge is 2.25. The van der Waals surface area contributed by atoms with E-state index in [2.05, 4.69) is 10.1 Å². The second kappa shape index (κ2) is 5.85. The third-order valence-corrected chi connectivity index (χ3v) is 1.53. The van der Waals surface area contributed by atoms with Gasteiger partial charge in [0.05, 0.1) is 13.2 Å². The highest BCUT2D eigenvalue weighted by molar-refractivity contribution is 7.59. The molecule has 0 aromatic rings. The third-order valence-electron chi connectivity index (χ3n) is 1.53. The molecule has 0 aliphatic rings. The molecule has 13 heavy (non-hydrogen) atoms. The van der Waals surface area contributed by atoms with Crippen molar-refractivity contribution in [3.05, 3.63) is 0 Å². The Balaban J connectivity index is 0. The van der Waals surface area contributed by atoms with E-state index in [4.69, 9.17) is 0 Å². The van der Waals surface area contributed by atoms with E-state index < -0.39 is 12.1 Å². The van der Waals surface area contributed by atoms with Gasteiger partial charge in [0.1, 0.15) is 6.29 Å². The first-order valence-corrected chi connectivity index (χ1v) is 3.71. The average molecular weight is 207 g/mol. The summed E-state index contributed by atoms with van der Waals surface area (Å²) in [6.07, 6.45) is 0.124. The summed E-state index contributed by atoms with van der Waals surface area (Å²) < 4.78 is 4.37. The van der Waals surface area contributed by atoms with Crippen LogP contribution >= 0.6 is 13.5 Å². The maximum absolute atomic E-state index is 10.7. The van der Waals surface area contributed by atoms with Gasteiger partial charge in [-0.05, 0) is 5.41 Å². The molecule has 0 saturated heterocycles. The van der Waals surface area contributed by atoms with Crippen LogP contribution < -0.4 is 5.32 Å². The number of amides is 1. The fraction of sp³-hybridized carbons (Fsp3) is 0.750. The number of hydrogen-bond donors (Lipinski definition) is 1. The average Bonchev–Trinajstić information content (AvgIpc) is 1.97. The molecule has 0 fully saturated rings. The van der Waals surface area contributed by atoms with Gasteiger partial charge in [0.2, 0.25) is 0 Å². The van der Waals surface area contributed by atoms with Gasteiger partial charge in [-0.25, -0.2) is 4.79 Å².